The molecule has 0 spiro atoms. The van der Waals surface area contributed by atoms with Crippen LogP contribution in [-0.4, -0.2) is 10.1 Å². The van der Waals surface area contributed by atoms with Crippen LogP contribution in [0.25, 0.3) is 28.0 Å². The highest BCUT2D eigenvalue weighted by molar-refractivity contribution is 6.21. The van der Waals surface area contributed by atoms with Gasteiger partial charge in [0.25, 0.3) is 0 Å². The summed E-state index contributed by atoms with van der Waals surface area (Å²) in [5.74, 6) is -0.730. The van der Waals surface area contributed by atoms with Gasteiger partial charge in [-0.25, -0.2) is 4.39 Å². The highest BCUT2D eigenvalue weighted by atomic mass is 19.1. The number of allylic oxidation sites excluding steroid dienone is 5. The van der Waals surface area contributed by atoms with Crippen LogP contribution in [-0.2, 0) is 0 Å². The number of phenolic OH excluding ortho intramolecular Hbond substituents is 1. The van der Waals surface area contributed by atoms with Crippen molar-refractivity contribution < 1.29 is 9.50 Å². The van der Waals surface area contributed by atoms with E-state index in [-0.39, 0.29) is 44.7 Å². The highest BCUT2D eigenvalue weighted by Gasteiger charge is 2.40. The first kappa shape index (κ1) is 20.4. The first-order chi connectivity index (χ1) is 16.6. The molecule has 0 amide bonds. The molecular formula is C27H10FN5O. The van der Waals surface area contributed by atoms with E-state index in [9.17, 15) is 26.2 Å². The van der Waals surface area contributed by atoms with Crippen molar-refractivity contribution in [3.63, 3.8) is 0 Å². The van der Waals surface area contributed by atoms with Crippen molar-refractivity contribution in [3.05, 3.63) is 99.5 Å². The van der Waals surface area contributed by atoms with Crippen LogP contribution < -0.4 is 0 Å². The number of hydrogen-bond acceptors (Lipinski definition) is 6. The van der Waals surface area contributed by atoms with Crippen molar-refractivity contribution in [1.82, 2.24) is 4.98 Å². The monoisotopic (exact) mass is 439 g/mol. The molecule has 0 fully saturated rings. The summed E-state index contributed by atoms with van der Waals surface area (Å²) in [6.07, 6.45) is 1.56. The van der Waals surface area contributed by atoms with Crippen LogP contribution in [0.2, 0.25) is 0 Å². The summed E-state index contributed by atoms with van der Waals surface area (Å²) in [4.78, 5) is 4.41. The fraction of sp³-hybridized carbons (Fsp3) is 0. The number of nitrogens with zero attached hydrogens (tertiary/aromatic N) is 5. The molecule has 34 heavy (non-hydrogen) atoms. The zero-order valence-electron chi connectivity index (χ0n) is 17.3. The standard InChI is InChI=1S/C27H10FN5O/c28-19-7-1-4-16-21(14(10-29)11-30)26(22(24(16)19)15(12-31)13-32)23-17-5-2-8-20(34)25(17)27-18(23)6-3-9-33-27/h1-9,34H/b26-23+. The molecule has 1 N–H and O–H groups in total. The normalized spacial score (nSPS) is 14.7. The van der Waals surface area contributed by atoms with Gasteiger partial charge in [-0.3, -0.25) is 4.98 Å². The van der Waals surface area contributed by atoms with E-state index in [0.717, 1.165) is 0 Å². The smallest absolute Gasteiger partial charge is 0.138 e. The molecule has 0 saturated heterocycles. The maximum atomic E-state index is 15.2. The van der Waals surface area contributed by atoms with Crippen LogP contribution in [0.1, 0.15) is 22.3 Å². The number of halogens is 1. The average Bonchev–Trinajstić information content (AvgIpc) is 3.36. The number of aromatic hydroxyl groups is 1. The lowest BCUT2D eigenvalue weighted by molar-refractivity contribution is 0.477. The first-order valence-corrected chi connectivity index (χ1v) is 9.98. The number of phenols is 1. The summed E-state index contributed by atoms with van der Waals surface area (Å²) in [6.45, 7) is 0. The van der Waals surface area contributed by atoms with Gasteiger partial charge in [0.05, 0.1) is 11.3 Å². The van der Waals surface area contributed by atoms with Crippen LogP contribution in [0, 0.1) is 51.1 Å². The number of benzene rings is 2. The molecule has 3 aromatic rings. The average molecular weight is 439 g/mol. The number of pyridine rings is 1. The lowest BCUT2D eigenvalue weighted by atomic mass is 9.88. The van der Waals surface area contributed by atoms with Crippen LogP contribution in [0.3, 0.4) is 0 Å². The van der Waals surface area contributed by atoms with Crippen LogP contribution >= 0.6 is 0 Å². The Morgan fingerprint density at radius 2 is 1.32 bits per heavy atom. The second kappa shape index (κ2) is 7.57. The molecule has 2 aliphatic carbocycles. The van der Waals surface area contributed by atoms with Gasteiger partial charge in [0.2, 0.25) is 0 Å². The van der Waals surface area contributed by atoms with Gasteiger partial charge in [-0.2, -0.15) is 21.0 Å². The Bertz CT molecular complexity index is 1680. The second-order valence-corrected chi connectivity index (χ2v) is 7.46. The number of aromatic nitrogens is 1. The van der Waals surface area contributed by atoms with E-state index in [2.05, 4.69) is 4.98 Å². The van der Waals surface area contributed by atoms with E-state index in [4.69, 9.17) is 0 Å². The van der Waals surface area contributed by atoms with E-state index >= 15 is 4.39 Å². The molecule has 1 heterocycles. The quantitative estimate of drug-likeness (QED) is 0.383. The van der Waals surface area contributed by atoms with Gasteiger partial charge in [0.15, 0.2) is 0 Å². The Hall–Kier alpha value is -5.50. The topological polar surface area (TPSA) is 128 Å². The van der Waals surface area contributed by atoms with E-state index in [1.165, 1.54) is 18.2 Å². The third-order valence-corrected chi connectivity index (χ3v) is 5.86. The minimum atomic E-state index is -0.695. The summed E-state index contributed by atoms with van der Waals surface area (Å²) in [7, 11) is 0. The maximum Gasteiger partial charge on any atom is 0.138 e. The van der Waals surface area contributed by atoms with Gasteiger partial charge in [-0.1, -0.05) is 30.3 Å². The van der Waals surface area contributed by atoms with Crippen LogP contribution in [0.4, 0.5) is 4.39 Å². The second-order valence-electron chi connectivity index (χ2n) is 7.46. The summed E-state index contributed by atoms with van der Waals surface area (Å²) >= 11 is 0. The Morgan fingerprint density at radius 3 is 2.03 bits per heavy atom. The third-order valence-electron chi connectivity index (χ3n) is 5.86. The van der Waals surface area contributed by atoms with Crippen LogP contribution in [0.15, 0.2) is 71.4 Å². The molecule has 0 atom stereocenters. The summed E-state index contributed by atoms with van der Waals surface area (Å²) < 4.78 is 15.2. The van der Waals surface area contributed by atoms with Gasteiger partial charge in [-0.05, 0) is 29.3 Å². The van der Waals surface area contributed by atoms with Crippen molar-refractivity contribution in [2.24, 2.45) is 0 Å². The van der Waals surface area contributed by atoms with Gasteiger partial charge >= 0.3 is 0 Å². The molecule has 5 rings (SSSR count). The van der Waals surface area contributed by atoms with Gasteiger partial charge in [0.1, 0.15) is 47.0 Å². The predicted molar refractivity (Wildman–Crippen MR) is 120 cm³/mol. The van der Waals surface area contributed by atoms with Crippen molar-refractivity contribution in [2.45, 2.75) is 0 Å². The molecule has 1 aromatic heterocycles. The SMILES string of the molecule is N#CC(C#N)=C1/C(=C2\c3cccnc3-c3c(O)cccc32)C(=C(C#N)C#N)c2c(F)cccc21. The molecule has 2 aromatic carbocycles. The third kappa shape index (κ3) is 2.59. The zero-order valence-corrected chi connectivity index (χ0v) is 17.3. The molecule has 156 valence electrons. The van der Waals surface area contributed by atoms with Crippen LogP contribution in [0.5, 0.6) is 5.75 Å². The Morgan fingerprint density at radius 1 is 0.706 bits per heavy atom. The molecule has 2 aliphatic rings. The Kier molecular flexibility index (Phi) is 4.54. The van der Waals surface area contributed by atoms with Gasteiger partial charge in [0, 0.05) is 39.6 Å². The van der Waals surface area contributed by atoms with Crippen molar-refractivity contribution in [3.8, 4) is 41.3 Å². The van der Waals surface area contributed by atoms with E-state index < -0.39 is 5.82 Å². The Balaban J connectivity index is 2.11. The molecule has 0 unspecified atom stereocenters. The number of rotatable bonds is 0. The summed E-state index contributed by atoms with van der Waals surface area (Å²) in [5.41, 5.74) is 2.29. The molecule has 6 nitrogen and oxygen atoms in total. The van der Waals surface area contributed by atoms with E-state index in [1.807, 2.05) is 24.3 Å². The maximum absolute atomic E-state index is 15.2. The highest BCUT2D eigenvalue weighted by Crippen LogP contribution is 2.57. The minimum Gasteiger partial charge on any atom is -0.507 e. The van der Waals surface area contributed by atoms with Gasteiger partial charge < -0.3 is 5.11 Å². The lowest BCUT2D eigenvalue weighted by Gasteiger charge is -2.12. The lowest BCUT2D eigenvalue weighted by Crippen LogP contribution is -1.96. The summed E-state index contributed by atoms with van der Waals surface area (Å²) in [5, 5.41) is 49.7. The van der Waals surface area contributed by atoms with Crippen molar-refractivity contribution in [2.75, 3.05) is 0 Å². The first-order valence-electron chi connectivity index (χ1n) is 9.98. The number of hydrogen-bond donors (Lipinski definition) is 1. The minimum absolute atomic E-state index is 0.00269. The molecule has 0 aliphatic heterocycles. The molecule has 7 heteroatoms. The van der Waals surface area contributed by atoms with E-state index in [0.29, 0.717) is 28.0 Å². The molecule has 0 bridgehead atoms. The predicted octanol–water partition coefficient (Wildman–Crippen LogP) is 5.02. The fourth-order valence-corrected chi connectivity index (χ4v) is 4.62. The Labute approximate surface area is 193 Å². The summed E-state index contributed by atoms with van der Waals surface area (Å²) in [6, 6.07) is 19.9. The van der Waals surface area contributed by atoms with Crippen molar-refractivity contribution >= 4 is 16.7 Å². The molecule has 0 radical (unpaired) electrons. The fourth-order valence-electron chi connectivity index (χ4n) is 4.62. The van der Waals surface area contributed by atoms with E-state index in [1.54, 1.807) is 36.5 Å². The zero-order chi connectivity index (χ0) is 24.0. The van der Waals surface area contributed by atoms with Crippen molar-refractivity contribution in [1.29, 1.82) is 21.0 Å². The number of nitriles is 4. The van der Waals surface area contributed by atoms with Gasteiger partial charge in [-0.15, -0.1) is 0 Å². The molecular weight excluding hydrogens is 429 g/mol. The number of fused-ring (bicyclic) bond motifs is 4. The molecule has 0 saturated carbocycles. The largest absolute Gasteiger partial charge is 0.507 e.